The van der Waals surface area contributed by atoms with Gasteiger partial charge in [0, 0.05) is 28.8 Å². The molecule has 1 aromatic heterocycles. The Hall–Kier alpha value is -0.900. The van der Waals surface area contributed by atoms with Crippen LogP contribution in [0.15, 0.2) is 41.0 Å². The highest BCUT2D eigenvalue weighted by Crippen LogP contribution is 2.27. The lowest BCUT2D eigenvalue weighted by Crippen LogP contribution is -2.19. The van der Waals surface area contributed by atoms with Crippen LogP contribution >= 0.6 is 27.5 Å². The average Bonchev–Trinajstić information content (AvgIpc) is 2.41. The molecule has 0 aliphatic rings. The Kier molecular flexibility index (Phi) is 4.97. The van der Waals surface area contributed by atoms with Crippen molar-refractivity contribution in [3.63, 3.8) is 0 Å². The second-order valence-electron chi connectivity index (χ2n) is 4.49. The topological polar surface area (TPSA) is 24.9 Å². The van der Waals surface area contributed by atoms with Crippen molar-refractivity contribution in [3.8, 4) is 0 Å². The quantitative estimate of drug-likeness (QED) is 0.898. The van der Waals surface area contributed by atoms with Crippen LogP contribution in [0.1, 0.15) is 22.9 Å². The molecule has 0 aliphatic heterocycles. The second-order valence-corrected chi connectivity index (χ2v) is 5.75. The van der Waals surface area contributed by atoms with Crippen LogP contribution in [0.3, 0.4) is 0 Å². The molecule has 0 spiro atoms. The van der Waals surface area contributed by atoms with Gasteiger partial charge in [-0.1, -0.05) is 23.7 Å². The van der Waals surface area contributed by atoms with Gasteiger partial charge < -0.3 is 5.32 Å². The summed E-state index contributed by atoms with van der Waals surface area (Å²) in [7, 11) is 1.96. The first-order chi connectivity index (χ1) is 9.11. The molecule has 1 heterocycles. The number of hydrogen-bond acceptors (Lipinski definition) is 2. The Morgan fingerprint density at radius 2 is 2.16 bits per heavy atom. The molecule has 100 valence electrons. The lowest BCUT2D eigenvalue weighted by atomic mass is 10.00. The van der Waals surface area contributed by atoms with E-state index in [0.29, 0.717) is 0 Å². The number of aryl methyl sites for hydroxylation is 1. The van der Waals surface area contributed by atoms with Crippen LogP contribution in [0, 0.1) is 6.92 Å². The third-order valence-corrected chi connectivity index (χ3v) is 4.44. The zero-order valence-electron chi connectivity index (χ0n) is 11.0. The van der Waals surface area contributed by atoms with Crippen molar-refractivity contribution in [2.45, 2.75) is 19.4 Å². The van der Waals surface area contributed by atoms with Gasteiger partial charge in [-0.05, 0) is 59.2 Å². The van der Waals surface area contributed by atoms with E-state index >= 15 is 0 Å². The van der Waals surface area contributed by atoms with Crippen LogP contribution in [0.4, 0.5) is 0 Å². The molecule has 1 unspecified atom stereocenters. The molecule has 2 nitrogen and oxygen atoms in total. The Morgan fingerprint density at radius 3 is 2.79 bits per heavy atom. The van der Waals surface area contributed by atoms with Gasteiger partial charge in [-0.2, -0.15) is 0 Å². The normalized spacial score (nSPS) is 12.4. The summed E-state index contributed by atoms with van der Waals surface area (Å²) in [6, 6.07) is 10.3. The Bertz CT molecular complexity index is 572. The summed E-state index contributed by atoms with van der Waals surface area (Å²) in [5.74, 6) is 0. The third-order valence-electron chi connectivity index (χ3n) is 3.21. The van der Waals surface area contributed by atoms with Crippen molar-refractivity contribution >= 4 is 27.5 Å². The molecule has 0 bridgehead atoms. The van der Waals surface area contributed by atoms with Crippen LogP contribution in [-0.2, 0) is 6.42 Å². The standard InChI is InChI=1S/C15H16BrClN2/c1-10-4-3-7-19-14(10)9-15(18-2)11-5-6-12(16)13(17)8-11/h3-8,15,18H,9H2,1-2H3. The van der Waals surface area contributed by atoms with E-state index in [1.54, 1.807) is 0 Å². The minimum atomic E-state index is 0.208. The van der Waals surface area contributed by atoms with Gasteiger partial charge in [0.05, 0.1) is 5.02 Å². The molecule has 4 heteroatoms. The predicted molar refractivity (Wildman–Crippen MR) is 83.6 cm³/mol. The summed E-state index contributed by atoms with van der Waals surface area (Å²) in [6.45, 7) is 2.09. The van der Waals surface area contributed by atoms with Gasteiger partial charge in [0.1, 0.15) is 0 Å². The number of nitrogens with zero attached hydrogens (tertiary/aromatic N) is 1. The summed E-state index contributed by atoms with van der Waals surface area (Å²) in [6.07, 6.45) is 2.69. The van der Waals surface area contributed by atoms with E-state index in [1.807, 2.05) is 31.4 Å². The molecule has 1 atom stereocenters. The zero-order valence-corrected chi connectivity index (χ0v) is 13.3. The summed E-state index contributed by atoms with van der Waals surface area (Å²) in [5, 5.41) is 4.06. The van der Waals surface area contributed by atoms with Gasteiger partial charge in [-0.3, -0.25) is 4.98 Å². The number of benzene rings is 1. The fourth-order valence-electron chi connectivity index (χ4n) is 2.04. The van der Waals surface area contributed by atoms with Crippen molar-refractivity contribution in [2.24, 2.45) is 0 Å². The lowest BCUT2D eigenvalue weighted by molar-refractivity contribution is 0.582. The van der Waals surface area contributed by atoms with Gasteiger partial charge in [-0.15, -0.1) is 0 Å². The zero-order chi connectivity index (χ0) is 13.8. The molecule has 2 aromatic rings. The minimum absolute atomic E-state index is 0.208. The Morgan fingerprint density at radius 1 is 1.37 bits per heavy atom. The van der Waals surface area contributed by atoms with Crippen molar-refractivity contribution in [2.75, 3.05) is 7.05 Å². The number of hydrogen-bond donors (Lipinski definition) is 1. The van der Waals surface area contributed by atoms with Crippen molar-refractivity contribution < 1.29 is 0 Å². The summed E-state index contributed by atoms with van der Waals surface area (Å²) >= 11 is 9.57. The van der Waals surface area contributed by atoms with Crippen molar-refractivity contribution in [1.82, 2.24) is 10.3 Å². The van der Waals surface area contributed by atoms with E-state index in [9.17, 15) is 0 Å². The molecule has 0 amide bonds. The minimum Gasteiger partial charge on any atom is -0.313 e. The molecule has 1 aromatic carbocycles. The first-order valence-electron chi connectivity index (χ1n) is 6.14. The van der Waals surface area contributed by atoms with E-state index in [1.165, 1.54) is 11.1 Å². The monoisotopic (exact) mass is 338 g/mol. The maximum absolute atomic E-state index is 6.16. The van der Waals surface area contributed by atoms with Crippen LogP contribution in [0.2, 0.25) is 5.02 Å². The van der Waals surface area contributed by atoms with Crippen molar-refractivity contribution in [1.29, 1.82) is 0 Å². The fraction of sp³-hybridized carbons (Fsp3) is 0.267. The number of halogens is 2. The molecule has 19 heavy (non-hydrogen) atoms. The highest BCUT2D eigenvalue weighted by atomic mass is 79.9. The first-order valence-corrected chi connectivity index (χ1v) is 7.31. The molecule has 2 rings (SSSR count). The molecule has 0 saturated carbocycles. The third kappa shape index (κ3) is 3.56. The lowest BCUT2D eigenvalue weighted by Gasteiger charge is -2.18. The van der Waals surface area contributed by atoms with Gasteiger partial charge in [-0.25, -0.2) is 0 Å². The number of pyridine rings is 1. The molecular weight excluding hydrogens is 324 g/mol. The highest BCUT2D eigenvalue weighted by Gasteiger charge is 2.13. The average molecular weight is 340 g/mol. The van der Waals surface area contributed by atoms with E-state index in [0.717, 1.165) is 21.6 Å². The van der Waals surface area contributed by atoms with E-state index < -0.39 is 0 Å². The first kappa shape index (κ1) is 14.5. The van der Waals surface area contributed by atoms with E-state index in [4.69, 9.17) is 11.6 Å². The number of nitrogens with one attached hydrogen (secondary N) is 1. The molecule has 1 N–H and O–H groups in total. The summed E-state index contributed by atoms with van der Waals surface area (Å²) in [4.78, 5) is 4.45. The maximum atomic E-state index is 6.16. The molecule has 0 saturated heterocycles. The van der Waals surface area contributed by atoms with Crippen LogP contribution in [0.5, 0.6) is 0 Å². The van der Waals surface area contributed by atoms with Crippen LogP contribution < -0.4 is 5.32 Å². The second kappa shape index (κ2) is 6.51. The number of aromatic nitrogens is 1. The predicted octanol–water partition coefficient (Wildman–Crippen LogP) is 4.31. The van der Waals surface area contributed by atoms with E-state index in [-0.39, 0.29) is 6.04 Å². The molecule has 0 fully saturated rings. The van der Waals surface area contributed by atoms with Gasteiger partial charge >= 0.3 is 0 Å². The molecule has 0 radical (unpaired) electrons. The summed E-state index contributed by atoms with van der Waals surface area (Å²) < 4.78 is 0.918. The summed E-state index contributed by atoms with van der Waals surface area (Å²) in [5.41, 5.74) is 3.49. The van der Waals surface area contributed by atoms with Gasteiger partial charge in [0.25, 0.3) is 0 Å². The Balaban J connectivity index is 2.25. The molecular formula is C15H16BrClN2. The SMILES string of the molecule is CNC(Cc1ncccc1C)c1ccc(Br)c(Cl)c1. The fourth-order valence-corrected chi connectivity index (χ4v) is 2.48. The number of rotatable bonds is 4. The van der Waals surface area contributed by atoms with E-state index in [2.05, 4.69) is 45.3 Å². The van der Waals surface area contributed by atoms with Crippen LogP contribution in [-0.4, -0.2) is 12.0 Å². The van der Waals surface area contributed by atoms with Crippen molar-refractivity contribution in [3.05, 3.63) is 62.8 Å². The highest BCUT2D eigenvalue weighted by molar-refractivity contribution is 9.10. The maximum Gasteiger partial charge on any atom is 0.0551 e. The molecule has 0 aliphatic carbocycles. The van der Waals surface area contributed by atoms with Gasteiger partial charge in [0.2, 0.25) is 0 Å². The van der Waals surface area contributed by atoms with Gasteiger partial charge in [0.15, 0.2) is 0 Å². The smallest absolute Gasteiger partial charge is 0.0551 e. The van der Waals surface area contributed by atoms with Crippen LogP contribution in [0.25, 0.3) is 0 Å². The largest absolute Gasteiger partial charge is 0.313 e. The number of likely N-dealkylation sites (N-methyl/N-ethyl adjacent to an activating group) is 1. The Labute approximate surface area is 127 Å².